The fourth-order valence-electron chi connectivity index (χ4n) is 3.60. The Morgan fingerprint density at radius 3 is 1.16 bits per heavy atom. The maximum Gasteiger partial charge on any atom is 0.147 e. The predicted molar refractivity (Wildman–Crippen MR) is 128 cm³/mol. The van der Waals surface area contributed by atoms with E-state index in [0.29, 0.717) is 0 Å². The van der Waals surface area contributed by atoms with Crippen molar-refractivity contribution in [2.75, 3.05) is 0 Å². The van der Waals surface area contributed by atoms with Gasteiger partial charge in [0.1, 0.15) is 28.8 Å². The van der Waals surface area contributed by atoms with E-state index >= 15 is 0 Å². The van der Waals surface area contributed by atoms with Crippen LogP contribution in [0.1, 0.15) is 36.8 Å². The Balaban J connectivity index is 1.39. The van der Waals surface area contributed by atoms with E-state index in [1.807, 2.05) is 123 Å². The summed E-state index contributed by atoms with van der Waals surface area (Å²) in [4.78, 5) is 13.1. The van der Waals surface area contributed by atoms with E-state index in [0.717, 1.165) is 34.1 Å². The maximum atomic E-state index is 13.1. The van der Waals surface area contributed by atoms with Gasteiger partial charge >= 0.3 is 0 Å². The summed E-state index contributed by atoms with van der Waals surface area (Å²) in [7, 11) is 0. The molecule has 2 atom stereocenters. The molecule has 0 spiro atoms. The highest BCUT2D eigenvalue weighted by molar-refractivity contribution is 5.91. The fraction of sp³-hybridized carbons (Fsp3) is 0.138. The topological polar surface area (TPSA) is 35.5 Å². The minimum Gasteiger partial charge on any atom is -0.457 e. The van der Waals surface area contributed by atoms with E-state index in [4.69, 9.17) is 9.47 Å². The summed E-state index contributed by atoms with van der Waals surface area (Å²) < 4.78 is 11.7. The Kier molecular flexibility index (Phi) is 6.66. The molecule has 4 rings (SSSR count). The van der Waals surface area contributed by atoms with Gasteiger partial charge in [-0.25, -0.2) is 0 Å². The molecule has 0 aliphatic heterocycles. The Morgan fingerprint density at radius 2 is 0.812 bits per heavy atom. The van der Waals surface area contributed by atoms with Crippen LogP contribution in [0.4, 0.5) is 0 Å². The van der Waals surface area contributed by atoms with Crippen molar-refractivity contribution < 1.29 is 14.3 Å². The zero-order chi connectivity index (χ0) is 22.3. The fourth-order valence-corrected chi connectivity index (χ4v) is 3.60. The van der Waals surface area contributed by atoms with E-state index in [9.17, 15) is 4.79 Å². The lowest BCUT2D eigenvalue weighted by Gasteiger charge is -2.18. The van der Waals surface area contributed by atoms with E-state index in [1.165, 1.54) is 0 Å². The Bertz CT molecular complexity index is 1040. The molecule has 2 unspecified atom stereocenters. The van der Waals surface area contributed by atoms with Crippen molar-refractivity contribution in [3.05, 3.63) is 120 Å². The van der Waals surface area contributed by atoms with Crippen LogP contribution >= 0.6 is 0 Å². The average Bonchev–Trinajstić information content (AvgIpc) is 2.85. The minimum absolute atomic E-state index is 0.179. The zero-order valence-corrected chi connectivity index (χ0v) is 18.3. The monoisotopic (exact) mass is 422 g/mol. The number of para-hydroxylation sites is 2. The number of benzene rings is 4. The molecule has 160 valence electrons. The molecule has 0 aliphatic rings. The number of rotatable bonds is 8. The van der Waals surface area contributed by atoms with Crippen LogP contribution < -0.4 is 9.47 Å². The molecule has 4 aromatic carbocycles. The molecule has 0 bridgehead atoms. The highest BCUT2D eigenvalue weighted by atomic mass is 16.5. The van der Waals surface area contributed by atoms with Gasteiger partial charge in [-0.2, -0.15) is 0 Å². The van der Waals surface area contributed by atoms with E-state index in [2.05, 4.69) is 0 Å². The quantitative estimate of drug-likeness (QED) is 0.291. The first-order valence-corrected chi connectivity index (χ1v) is 10.8. The smallest absolute Gasteiger partial charge is 0.147 e. The molecule has 0 aromatic heterocycles. The zero-order valence-electron chi connectivity index (χ0n) is 18.3. The van der Waals surface area contributed by atoms with Gasteiger partial charge < -0.3 is 9.47 Å². The normalized spacial score (nSPS) is 12.6. The molecular weight excluding hydrogens is 396 g/mol. The third-order valence-corrected chi connectivity index (χ3v) is 5.57. The number of ketones is 1. The number of ether oxygens (including phenoxy) is 2. The third kappa shape index (κ3) is 5.25. The second-order valence-electron chi connectivity index (χ2n) is 7.81. The Morgan fingerprint density at radius 1 is 0.500 bits per heavy atom. The van der Waals surface area contributed by atoms with Gasteiger partial charge in [0.15, 0.2) is 0 Å². The lowest BCUT2D eigenvalue weighted by Crippen LogP contribution is -2.16. The first-order chi connectivity index (χ1) is 15.6. The number of Topliss-reactive ketones (excluding diaryl/α,β-unsaturated/α-hetero) is 1. The molecular formula is C29H26O3. The highest BCUT2D eigenvalue weighted by Crippen LogP contribution is 2.30. The van der Waals surface area contributed by atoms with Crippen molar-refractivity contribution in [2.24, 2.45) is 0 Å². The molecule has 0 aliphatic carbocycles. The standard InChI is InChI=1S/C29H26O3/c1-21(23-13-17-27(18-14-23)31-25-9-5-3-6-10-25)29(30)22(2)24-15-19-28(20-16-24)32-26-11-7-4-8-12-26/h3-22H,1-2H3. The van der Waals surface area contributed by atoms with Gasteiger partial charge in [0.05, 0.1) is 0 Å². The first-order valence-electron chi connectivity index (χ1n) is 10.8. The first kappa shape index (κ1) is 21.4. The van der Waals surface area contributed by atoms with Crippen LogP contribution in [-0.4, -0.2) is 5.78 Å². The molecule has 4 aromatic rings. The SMILES string of the molecule is CC(C(=O)C(C)c1ccc(Oc2ccccc2)cc1)c1ccc(Oc2ccccc2)cc1. The number of carbonyl (C=O) groups excluding carboxylic acids is 1. The molecule has 0 heterocycles. The van der Waals surface area contributed by atoms with Crippen LogP contribution in [0.15, 0.2) is 109 Å². The van der Waals surface area contributed by atoms with Crippen LogP contribution in [0.5, 0.6) is 23.0 Å². The van der Waals surface area contributed by atoms with E-state index in [1.54, 1.807) is 0 Å². The van der Waals surface area contributed by atoms with E-state index in [-0.39, 0.29) is 17.6 Å². The summed E-state index contributed by atoms with van der Waals surface area (Å²) in [6.07, 6.45) is 0. The number of hydrogen-bond donors (Lipinski definition) is 0. The van der Waals surface area contributed by atoms with Crippen molar-refractivity contribution in [1.29, 1.82) is 0 Å². The summed E-state index contributed by atoms with van der Waals surface area (Å²) in [5.41, 5.74) is 1.96. The number of carbonyl (C=O) groups is 1. The van der Waals surface area contributed by atoms with Crippen molar-refractivity contribution in [3.8, 4) is 23.0 Å². The minimum atomic E-state index is -0.212. The molecule has 0 amide bonds. The van der Waals surface area contributed by atoms with Crippen LogP contribution in [0.3, 0.4) is 0 Å². The number of hydrogen-bond acceptors (Lipinski definition) is 3. The van der Waals surface area contributed by atoms with Gasteiger partial charge in [0, 0.05) is 11.8 Å². The summed E-state index contributed by atoms with van der Waals surface area (Å²) in [6, 6.07) is 34.8. The van der Waals surface area contributed by atoms with Crippen molar-refractivity contribution in [3.63, 3.8) is 0 Å². The van der Waals surface area contributed by atoms with Gasteiger partial charge in [0.2, 0.25) is 0 Å². The van der Waals surface area contributed by atoms with Crippen LogP contribution in [-0.2, 0) is 4.79 Å². The molecule has 0 N–H and O–H groups in total. The molecule has 0 saturated heterocycles. The predicted octanol–water partition coefficient (Wildman–Crippen LogP) is 7.75. The van der Waals surface area contributed by atoms with Crippen molar-refractivity contribution in [2.45, 2.75) is 25.7 Å². The van der Waals surface area contributed by atoms with Crippen LogP contribution in [0, 0.1) is 0 Å². The summed E-state index contributed by atoms with van der Waals surface area (Å²) in [5, 5.41) is 0. The van der Waals surface area contributed by atoms with Gasteiger partial charge in [-0.3, -0.25) is 4.79 Å². The maximum absolute atomic E-state index is 13.1. The third-order valence-electron chi connectivity index (χ3n) is 5.57. The largest absolute Gasteiger partial charge is 0.457 e. The molecule has 0 fully saturated rings. The Hall–Kier alpha value is -3.85. The van der Waals surface area contributed by atoms with Gasteiger partial charge in [-0.15, -0.1) is 0 Å². The summed E-state index contributed by atoms with van der Waals surface area (Å²) in [5.74, 6) is 2.84. The summed E-state index contributed by atoms with van der Waals surface area (Å²) >= 11 is 0. The molecule has 3 heteroatoms. The lowest BCUT2D eigenvalue weighted by atomic mass is 9.86. The molecule has 32 heavy (non-hydrogen) atoms. The van der Waals surface area contributed by atoms with Gasteiger partial charge in [0.25, 0.3) is 0 Å². The Labute approximate surface area is 189 Å². The van der Waals surface area contributed by atoms with Crippen molar-refractivity contribution in [1.82, 2.24) is 0 Å². The molecule has 0 saturated carbocycles. The van der Waals surface area contributed by atoms with E-state index < -0.39 is 0 Å². The lowest BCUT2D eigenvalue weighted by molar-refractivity contribution is -0.121. The van der Waals surface area contributed by atoms with Crippen LogP contribution in [0.2, 0.25) is 0 Å². The second kappa shape index (κ2) is 9.97. The van der Waals surface area contributed by atoms with Gasteiger partial charge in [-0.1, -0.05) is 74.5 Å². The highest BCUT2D eigenvalue weighted by Gasteiger charge is 2.23. The second-order valence-corrected chi connectivity index (χ2v) is 7.81. The van der Waals surface area contributed by atoms with Crippen LogP contribution in [0.25, 0.3) is 0 Å². The average molecular weight is 423 g/mol. The molecule has 3 nitrogen and oxygen atoms in total. The summed E-state index contributed by atoms with van der Waals surface area (Å²) in [6.45, 7) is 3.91. The molecule has 0 radical (unpaired) electrons. The van der Waals surface area contributed by atoms with Gasteiger partial charge in [-0.05, 0) is 59.7 Å². The van der Waals surface area contributed by atoms with Crippen molar-refractivity contribution >= 4 is 5.78 Å².